The van der Waals surface area contributed by atoms with Crippen LogP contribution in [0.15, 0.2) is 48.5 Å². The molecule has 7 heteroatoms. The van der Waals surface area contributed by atoms with Crippen molar-refractivity contribution in [2.45, 2.75) is 6.42 Å². The summed E-state index contributed by atoms with van der Waals surface area (Å²) in [5.74, 6) is 0.303. The van der Waals surface area contributed by atoms with Crippen LogP contribution in [0, 0.1) is 0 Å². The first-order valence-electron chi connectivity index (χ1n) is 9.49. The van der Waals surface area contributed by atoms with Crippen LogP contribution >= 0.6 is 23.2 Å². The minimum atomic E-state index is -0.153. The molecule has 0 aliphatic carbocycles. The molecule has 1 aliphatic heterocycles. The van der Waals surface area contributed by atoms with Crippen molar-refractivity contribution < 1.29 is 9.53 Å². The Morgan fingerprint density at radius 1 is 1.04 bits per heavy atom. The van der Waals surface area contributed by atoms with E-state index in [0.717, 1.165) is 39.1 Å². The highest BCUT2D eigenvalue weighted by atomic mass is 35.5. The average molecular weight is 422 g/mol. The number of rotatable bonds is 8. The van der Waals surface area contributed by atoms with Gasteiger partial charge in [-0.15, -0.1) is 0 Å². The van der Waals surface area contributed by atoms with E-state index in [4.69, 9.17) is 27.9 Å². The van der Waals surface area contributed by atoms with Gasteiger partial charge in [-0.05, 0) is 43.3 Å². The van der Waals surface area contributed by atoms with Gasteiger partial charge < -0.3 is 15.0 Å². The monoisotopic (exact) mass is 421 g/mol. The van der Waals surface area contributed by atoms with Crippen molar-refractivity contribution in [2.75, 3.05) is 50.8 Å². The number of hydrogen-bond donors (Lipinski definition) is 1. The molecule has 1 amide bonds. The normalized spacial score (nSPS) is 14.7. The molecule has 0 bridgehead atoms. The molecular weight excluding hydrogens is 397 g/mol. The molecule has 0 atom stereocenters. The van der Waals surface area contributed by atoms with Gasteiger partial charge in [-0.25, -0.2) is 0 Å². The largest absolute Gasteiger partial charge is 0.482 e. The van der Waals surface area contributed by atoms with Crippen LogP contribution in [0.1, 0.15) is 6.42 Å². The maximum atomic E-state index is 11.9. The number of piperazine rings is 1. The van der Waals surface area contributed by atoms with E-state index in [1.165, 1.54) is 5.69 Å². The lowest BCUT2D eigenvalue weighted by Gasteiger charge is -2.36. The smallest absolute Gasteiger partial charge is 0.257 e. The predicted molar refractivity (Wildman–Crippen MR) is 115 cm³/mol. The van der Waals surface area contributed by atoms with E-state index in [2.05, 4.69) is 39.4 Å². The van der Waals surface area contributed by atoms with E-state index < -0.39 is 0 Å². The van der Waals surface area contributed by atoms with Crippen LogP contribution in [0.25, 0.3) is 0 Å². The van der Waals surface area contributed by atoms with Gasteiger partial charge >= 0.3 is 0 Å². The Bertz CT molecular complexity index is 766. The third kappa shape index (κ3) is 6.30. The lowest BCUT2D eigenvalue weighted by Crippen LogP contribution is -2.47. The first kappa shape index (κ1) is 20.8. The molecule has 1 aliphatic rings. The molecule has 0 saturated carbocycles. The molecule has 1 fully saturated rings. The van der Waals surface area contributed by atoms with Gasteiger partial charge in [0.25, 0.3) is 5.91 Å². The third-order valence-corrected chi connectivity index (χ3v) is 5.25. The Morgan fingerprint density at radius 2 is 1.79 bits per heavy atom. The summed E-state index contributed by atoms with van der Waals surface area (Å²) in [7, 11) is 0. The number of hydrogen-bond acceptors (Lipinski definition) is 4. The lowest BCUT2D eigenvalue weighted by molar-refractivity contribution is -0.123. The number of carbonyl (C=O) groups excluding carboxylic acids is 1. The second kappa shape index (κ2) is 10.6. The Morgan fingerprint density at radius 3 is 2.50 bits per heavy atom. The topological polar surface area (TPSA) is 44.8 Å². The first-order valence-corrected chi connectivity index (χ1v) is 10.2. The summed E-state index contributed by atoms with van der Waals surface area (Å²) in [4.78, 5) is 16.8. The Labute approximate surface area is 176 Å². The second-order valence-electron chi connectivity index (χ2n) is 6.73. The molecule has 1 saturated heterocycles. The standard InChI is InChI=1S/C21H25Cl2N3O2/c22-17-7-8-20(19(23)15-17)28-16-21(27)24-9-4-10-25-11-13-26(14-12-25)18-5-2-1-3-6-18/h1-3,5-8,15H,4,9-14,16H2,(H,24,27). The minimum absolute atomic E-state index is 0.0584. The highest BCUT2D eigenvalue weighted by Gasteiger charge is 2.16. The second-order valence-corrected chi connectivity index (χ2v) is 7.57. The highest BCUT2D eigenvalue weighted by molar-refractivity contribution is 6.35. The number of amides is 1. The van der Waals surface area contributed by atoms with E-state index in [1.807, 2.05) is 6.07 Å². The third-order valence-electron chi connectivity index (χ3n) is 4.72. The molecule has 1 heterocycles. The van der Waals surface area contributed by atoms with Gasteiger partial charge in [0.15, 0.2) is 6.61 Å². The first-order chi connectivity index (χ1) is 13.6. The highest BCUT2D eigenvalue weighted by Crippen LogP contribution is 2.27. The Balaban J connectivity index is 1.28. The van der Waals surface area contributed by atoms with E-state index in [0.29, 0.717) is 22.3 Å². The number of anilines is 1. The number of halogens is 2. The van der Waals surface area contributed by atoms with Crippen LogP contribution in [0.3, 0.4) is 0 Å². The number of benzene rings is 2. The fourth-order valence-electron chi connectivity index (χ4n) is 3.19. The summed E-state index contributed by atoms with van der Waals surface area (Å²) in [6.07, 6.45) is 0.915. The summed E-state index contributed by atoms with van der Waals surface area (Å²) < 4.78 is 5.44. The minimum Gasteiger partial charge on any atom is -0.482 e. The van der Waals surface area contributed by atoms with Crippen LogP contribution in [-0.4, -0.2) is 56.7 Å². The zero-order valence-electron chi connectivity index (χ0n) is 15.7. The van der Waals surface area contributed by atoms with Gasteiger partial charge in [-0.2, -0.15) is 0 Å². The molecule has 0 unspecified atom stereocenters. The molecule has 2 aromatic carbocycles. The quantitative estimate of drug-likeness (QED) is 0.659. The predicted octanol–water partition coefficient (Wildman–Crippen LogP) is 3.70. The van der Waals surface area contributed by atoms with Crippen molar-refractivity contribution in [3.63, 3.8) is 0 Å². The van der Waals surface area contributed by atoms with Gasteiger partial charge in [0.1, 0.15) is 5.75 Å². The van der Waals surface area contributed by atoms with Gasteiger partial charge in [0.2, 0.25) is 0 Å². The summed E-state index contributed by atoms with van der Waals surface area (Å²) in [5, 5.41) is 3.82. The van der Waals surface area contributed by atoms with Crippen LogP contribution in [0.4, 0.5) is 5.69 Å². The van der Waals surface area contributed by atoms with Crippen molar-refractivity contribution in [2.24, 2.45) is 0 Å². The molecular formula is C21H25Cl2N3O2. The average Bonchev–Trinajstić information content (AvgIpc) is 2.72. The van der Waals surface area contributed by atoms with Gasteiger partial charge in [-0.3, -0.25) is 9.69 Å². The van der Waals surface area contributed by atoms with Gasteiger partial charge in [-0.1, -0.05) is 41.4 Å². The molecule has 0 spiro atoms. The number of ether oxygens (including phenoxy) is 1. The molecule has 0 aromatic heterocycles. The molecule has 5 nitrogen and oxygen atoms in total. The number of carbonyl (C=O) groups is 1. The molecule has 1 N–H and O–H groups in total. The fourth-order valence-corrected chi connectivity index (χ4v) is 3.65. The van der Waals surface area contributed by atoms with Gasteiger partial charge in [0.05, 0.1) is 5.02 Å². The fraction of sp³-hybridized carbons (Fsp3) is 0.381. The Hall–Kier alpha value is -1.95. The van der Waals surface area contributed by atoms with E-state index in [9.17, 15) is 4.79 Å². The maximum absolute atomic E-state index is 11.9. The molecule has 28 heavy (non-hydrogen) atoms. The molecule has 2 aromatic rings. The molecule has 0 radical (unpaired) electrons. The zero-order chi connectivity index (χ0) is 19.8. The van der Waals surface area contributed by atoms with Crippen LogP contribution in [0.5, 0.6) is 5.75 Å². The van der Waals surface area contributed by atoms with Gasteiger partial charge in [0, 0.05) is 43.4 Å². The van der Waals surface area contributed by atoms with E-state index in [-0.39, 0.29) is 12.5 Å². The zero-order valence-corrected chi connectivity index (χ0v) is 17.3. The van der Waals surface area contributed by atoms with Crippen LogP contribution in [-0.2, 0) is 4.79 Å². The van der Waals surface area contributed by atoms with E-state index >= 15 is 0 Å². The van der Waals surface area contributed by atoms with E-state index in [1.54, 1.807) is 18.2 Å². The van der Waals surface area contributed by atoms with Crippen molar-refractivity contribution in [1.29, 1.82) is 0 Å². The summed E-state index contributed by atoms with van der Waals surface area (Å²) >= 11 is 11.9. The van der Waals surface area contributed by atoms with Crippen LogP contribution in [0.2, 0.25) is 10.0 Å². The lowest BCUT2D eigenvalue weighted by atomic mass is 10.2. The molecule has 3 rings (SSSR count). The number of nitrogens with zero attached hydrogens (tertiary/aromatic N) is 2. The van der Waals surface area contributed by atoms with Crippen LogP contribution < -0.4 is 15.0 Å². The molecule has 150 valence electrons. The summed E-state index contributed by atoms with van der Waals surface area (Å²) in [6.45, 7) is 5.71. The summed E-state index contributed by atoms with van der Waals surface area (Å²) in [5.41, 5.74) is 1.29. The number of nitrogens with one attached hydrogen (secondary N) is 1. The van der Waals surface area contributed by atoms with Crippen molar-refractivity contribution >= 4 is 34.8 Å². The SMILES string of the molecule is O=C(COc1ccc(Cl)cc1Cl)NCCCN1CCN(c2ccccc2)CC1. The van der Waals surface area contributed by atoms with Crippen molar-refractivity contribution in [3.8, 4) is 5.75 Å². The summed E-state index contributed by atoms with van der Waals surface area (Å²) in [6, 6.07) is 15.4. The number of para-hydroxylation sites is 1. The van der Waals surface area contributed by atoms with Crippen molar-refractivity contribution in [3.05, 3.63) is 58.6 Å². The maximum Gasteiger partial charge on any atom is 0.257 e. The Kier molecular flexibility index (Phi) is 7.83. The van der Waals surface area contributed by atoms with Crippen molar-refractivity contribution in [1.82, 2.24) is 10.2 Å².